The zero-order valence-corrected chi connectivity index (χ0v) is 11.3. The predicted molar refractivity (Wildman–Crippen MR) is 73.1 cm³/mol. The van der Waals surface area contributed by atoms with Crippen LogP contribution in [0, 0.1) is 34.0 Å². The third kappa shape index (κ3) is 1.37. The maximum absolute atomic E-state index is 9.74. The Labute approximate surface area is 118 Å². The van der Waals surface area contributed by atoms with Gasteiger partial charge in [0.1, 0.15) is 5.60 Å². The molecule has 3 heteroatoms. The van der Waals surface area contributed by atoms with Crippen molar-refractivity contribution in [3.8, 4) is 12.1 Å². The standard InChI is InChI=1S/C17H16N2O/c18-10-16(11-19)9-17-6-5-14(20-17)8-13(17)7-12-3-1-2-4-15(12)16/h4-6,8,12,14H,1-3,7,9H2/t12?,14-,17-/m1/s1. The Bertz CT molecular complexity index is 629. The predicted octanol–water partition coefficient (Wildman–Crippen LogP) is 3.17. The van der Waals surface area contributed by atoms with Gasteiger partial charge in [-0.05, 0) is 54.9 Å². The molecule has 3 atom stereocenters. The Kier molecular flexibility index (Phi) is 2.29. The van der Waals surface area contributed by atoms with Gasteiger partial charge in [-0.25, -0.2) is 0 Å². The zero-order valence-electron chi connectivity index (χ0n) is 11.3. The average Bonchev–Trinajstić information content (AvgIpc) is 2.99. The van der Waals surface area contributed by atoms with Gasteiger partial charge in [0.05, 0.1) is 18.2 Å². The molecule has 0 amide bonds. The van der Waals surface area contributed by atoms with Crippen molar-refractivity contribution in [3.05, 3.63) is 35.5 Å². The summed E-state index contributed by atoms with van der Waals surface area (Å²) in [6.07, 6.45) is 13.1. The van der Waals surface area contributed by atoms with Crippen LogP contribution in [-0.2, 0) is 4.74 Å². The van der Waals surface area contributed by atoms with Gasteiger partial charge in [0, 0.05) is 6.42 Å². The van der Waals surface area contributed by atoms with Crippen molar-refractivity contribution in [2.45, 2.75) is 43.8 Å². The van der Waals surface area contributed by atoms with Gasteiger partial charge in [0.15, 0.2) is 5.41 Å². The van der Waals surface area contributed by atoms with Crippen molar-refractivity contribution < 1.29 is 4.74 Å². The van der Waals surface area contributed by atoms with Crippen molar-refractivity contribution in [1.82, 2.24) is 0 Å². The second kappa shape index (κ2) is 3.84. The zero-order chi connectivity index (χ0) is 13.8. The van der Waals surface area contributed by atoms with Crippen LogP contribution in [-0.4, -0.2) is 11.7 Å². The summed E-state index contributed by atoms with van der Waals surface area (Å²) in [5.41, 5.74) is 0.826. The number of nitrogens with zero attached hydrogens (tertiary/aromatic N) is 2. The highest BCUT2D eigenvalue weighted by Gasteiger charge is 2.55. The summed E-state index contributed by atoms with van der Waals surface area (Å²) in [6, 6.07) is 4.65. The maximum atomic E-state index is 9.74. The molecule has 100 valence electrons. The lowest BCUT2D eigenvalue weighted by Crippen LogP contribution is -2.34. The molecule has 0 saturated heterocycles. The number of fused-ring (bicyclic) bond motifs is 2. The molecule has 0 aromatic carbocycles. The maximum Gasteiger partial charge on any atom is 0.168 e. The summed E-state index contributed by atoms with van der Waals surface area (Å²) in [5.74, 6) is 0.338. The number of hydrogen-bond donors (Lipinski definition) is 0. The van der Waals surface area contributed by atoms with E-state index < -0.39 is 11.0 Å². The van der Waals surface area contributed by atoms with Gasteiger partial charge >= 0.3 is 0 Å². The lowest BCUT2D eigenvalue weighted by atomic mass is 9.70. The van der Waals surface area contributed by atoms with Crippen LogP contribution in [0.4, 0.5) is 0 Å². The largest absolute Gasteiger partial charge is 0.355 e. The number of allylic oxidation sites excluding steroid dienone is 2. The first-order chi connectivity index (χ1) is 9.71. The minimum atomic E-state index is -1.02. The molecule has 4 rings (SSSR count). The van der Waals surface area contributed by atoms with Crippen LogP contribution in [0.15, 0.2) is 35.5 Å². The molecule has 2 heterocycles. The van der Waals surface area contributed by atoms with Crippen LogP contribution in [0.1, 0.15) is 32.1 Å². The lowest BCUT2D eigenvalue weighted by Gasteiger charge is -2.31. The first-order valence-electron chi connectivity index (χ1n) is 7.33. The molecule has 20 heavy (non-hydrogen) atoms. The lowest BCUT2D eigenvalue weighted by molar-refractivity contribution is 0.0281. The molecule has 1 fully saturated rings. The summed E-state index contributed by atoms with van der Waals surface area (Å²) in [6.45, 7) is 0. The molecule has 1 spiro atoms. The average molecular weight is 264 g/mol. The van der Waals surface area contributed by atoms with Gasteiger partial charge in [0.25, 0.3) is 0 Å². The fourth-order valence-corrected chi connectivity index (χ4v) is 4.31. The fraction of sp³-hybridized carbons (Fsp3) is 0.529. The van der Waals surface area contributed by atoms with E-state index in [0.29, 0.717) is 12.3 Å². The van der Waals surface area contributed by atoms with Gasteiger partial charge in [-0.3, -0.25) is 0 Å². The van der Waals surface area contributed by atoms with Crippen LogP contribution in [0.5, 0.6) is 0 Å². The fourth-order valence-electron chi connectivity index (χ4n) is 4.31. The van der Waals surface area contributed by atoms with Crippen molar-refractivity contribution in [1.29, 1.82) is 10.5 Å². The first-order valence-corrected chi connectivity index (χ1v) is 7.33. The molecular weight excluding hydrogens is 248 g/mol. The van der Waals surface area contributed by atoms with Crippen LogP contribution >= 0.6 is 0 Å². The molecule has 0 radical (unpaired) electrons. The van der Waals surface area contributed by atoms with E-state index in [0.717, 1.165) is 31.3 Å². The van der Waals surface area contributed by atoms with E-state index in [9.17, 15) is 10.5 Å². The van der Waals surface area contributed by atoms with E-state index in [2.05, 4.69) is 30.4 Å². The summed E-state index contributed by atoms with van der Waals surface area (Å²) in [7, 11) is 0. The van der Waals surface area contributed by atoms with E-state index in [1.807, 2.05) is 6.08 Å². The molecule has 0 aromatic rings. The Morgan fingerprint density at radius 1 is 1.30 bits per heavy atom. The van der Waals surface area contributed by atoms with Crippen LogP contribution < -0.4 is 0 Å². The molecule has 0 aromatic heterocycles. The second-order valence-corrected chi connectivity index (χ2v) is 6.32. The Morgan fingerprint density at radius 3 is 2.90 bits per heavy atom. The molecule has 0 N–H and O–H groups in total. The van der Waals surface area contributed by atoms with Gasteiger partial charge < -0.3 is 4.74 Å². The molecule has 4 aliphatic rings. The van der Waals surface area contributed by atoms with Gasteiger partial charge in [-0.2, -0.15) is 10.5 Å². The Balaban J connectivity index is 1.89. The van der Waals surface area contributed by atoms with E-state index in [1.54, 1.807) is 0 Å². The summed E-state index contributed by atoms with van der Waals surface area (Å²) in [4.78, 5) is 0. The van der Waals surface area contributed by atoms with Gasteiger partial charge in [0.2, 0.25) is 0 Å². The van der Waals surface area contributed by atoms with E-state index in [1.165, 1.54) is 5.57 Å². The summed E-state index contributed by atoms with van der Waals surface area (Å²) in [5, 5.41) is 19.5. The normalized spacial score (nSPS) is 39.7. The first kappa shape index (κ1) is 11.9. The third-order valence-electron chi connectivity index (χ3n) is 5.24. The van der Waals surface area contributed by atoms with Gasteiger partial charge in [-0.1, -0.05) is 12.2 Å². The molecule has 1 unspecified atom stereocenters. The topological polar surface area (TPSA) is 56.8 Å². The third-order valence-corrected chi connectivity index (χ3v) is 5.24. The highest BCUT2D eigenvalue weighted by Crippen LogP contribution is 2.56. The monoisotopic (exact) mass is 264 g/mol. The number of ether oxygens (including phenoxy) is 1. The second-order valence-electron chi connectivity index (χ2n) is 6.32. The minimum absolute atomic E-state index is 0.0502. The summed E-state index contributed by atoms with van der Waals surface area (Å²) < 4.78 is 6.08. The molecule has 2 aliphatic carbocycles. The highest BCUT2D eigenvalue weighted by atomic mass is 16.5. The quantitative estimate of drug-likeness (QED) is 0.631. The highest BCUT2D eigenvalue weighted by molar-refractivity contribution is 5.48. The summed E-state index contributed by atoms with van der Waals surface area (Å²) >= 11 is 0. The van der Waals surface area contributed by atoms with Crippen LogP contribution in [0.25, 0.3) is 0 Å². The van der Waals surface area contributed by atoms with E-state index in [-0.39, 0.29) is 6.10 Å². The smallest absolute Gasteiger partial charge is 0.168 e. The molecule has 3 nitrogen and oxygen atoms in total. The van der Waals surface area contributed by atoms with Crippen LogP contribution in [0.3, 0.4) is 0 Å². The molecule has 2 bridgehead atoms. The van der Waals surface area contributed by atoms with Crippen molar-refractivity contribution in [3.63, 3.8) is 0 Å². The van der Waals surface area contributed by atoms with Gasteiger partial charge in [-0.15, -0.1) is 0 Å². The Hall–Kier alpha value is -1.84. The number of rotatable bonds is 0. The van der Waals surface area contributed by atoms with Crippen molar-refractivity contribution >= 4 is 0 Å². The van der Waals surface area contributed by atoms with E-state index >= 15 is 0 Å². The number of hydrogen-bond acceptors (Lipinski definition) is 3. The molecule has 1 saturated carbocycles. The molecule has 2 aliphatic heterocycles. The van der Waals surface area contributed by atoms with Crippen LogP contribution in [0.2, 0.25) is 0 Å². The minimum Gasteiger partial charge on any atom is -0.355 e. The van der Waals surface area contributed by atoms with Crippen molar-refractivity contribution in [2.24, 2.45) is 11.3 Å². The SMILES string of the molecule is N#CC1(C#N)C[C@]23C=C[C@H](C=C2CC2CCCC=C21)O3. The Morgan fingerprint density at radius 2 is 2.15 bits per heavy atom. The van der Waals surface area contributed by atoms with Crippen molar-refractivity contribution in [2.75, 3.05) is 0 Å². The van der Waals surface area contributed by atoms with E-state index in [4.69, 9.17) is 4.74 Å². The molecular formula is C17H16N2O. The number of nitriles is 2.